The van der Waals surface area contributed by atoms with Gasteiger partial charge in [0.25, 0.3) is 0 Å². The van der Waals surface area contributed by atoms with Crippen molar-refractivity contribution < 1.29 is 13.5 Å². The third-order valence-corrected chi connectivity index (χ3v) is 7.02. The number of aliphatic hydroxyl groups is 1. The van der Waals surface area contributed by atoms with Gasteiger partial charge in [-0.05, 0) is 55.8 Å². The van der Waals surface area contributed by atoms with Crippen LogP contribution in [-0.4, -0.2) is 61.6 Å². The van der Waals surface area contributed by atoms with E-state index in [0.717, 1.165) is 17.5 Å². The summed E-state index contributed by atoms with van der Waals surface area (Å²) in [6.45, 7) is 3.17. The van der Waals surface area contributed by atoms with Gasteiger partial charge in [0, 0.05) is 25.7 Å². The van der Waals surface area contributed by atoms with Crippen LogP contribution in [0.15, 0.2) is 53.4 Å². The van der Waals surface area contributed by atoms with Crippen LogP contribution in [0.1, 0.15) is 18.9 Å². The summed E-state index contributed by atoms with van der Waals surface area (Å²) in [4.78, 5) is 2.30. The quantitative estimate of drug-likeness (QED) is 0.806. The highest BCUT2D eigenvalue weighted by atomic mass is 32.2. The molecule has 1 N–H and O–H groups in total. The van der Waals surface area contributed by atoms with E-state index in [1.165, 1.54) is 4.31 Å². The molecule has 1 aliphatic rings. The lowest BCUT2D eigenvalue weighted by Crippen LogP contribution is -2.39. The Morgan fingerprint density at radius 1 is 1.18 bits per heavy atom. The fraction of sp³-hybridized carbons (Fsp3) is 0.381. The lowest BCUT2D eigenvalue weighted by molar-refractivity contribution is 0.120. The molecule has 0 unspecified atom stereocenters. The Balaban J connectivity index is 1.73. The molecule has 28 heavy (non-hydrogen) atoms. The van der Waals surface area contributed by atoms with Crippen molar-refractivity contribution in [3.05, 3.63) is 54.1 Å². The number of likely N-dealkylation sites (N-methyl/N-ethyl adjacent to an activating group) is 1. The van der Waals surface area contributed by atoms with Crippen LogP contribution in [0.3, 0.4) is 0 Å². The number of aliphatic hydroxyl groups excluding tert-OH is 1. The topological polar surface area (TPSA) is 84.6 Å². The van der Waals surface area contributed by atoms with Gasteiger partial charge in [-0.2, -0.15) is 9.57 Å². The van der Waals surface area contributed by atoms with Crippen molar-refractivity contribution in [3.63, 3.8) is 0 Å². The number of nitriles is 1. The normalized spacial score (nSPS) is 18.9. The van der Waals surface area contributed by atoms with Crippen LogP contribution in [0, 0.1) is 11.3 Å². The van der Waals surface area contributed by atoms with Gasteiger partial charge in [-0.25, -0.2) is 8.42 Å². The van der Waals surface area contributed by atoms with Gasteiger partial charge in [-0.1, -0.05) is 24.3 Å². The Morgan fingerprint density at radius 2 is 1.75 bits per heavy atom. The first-order chi connectivity index (χ1) is 13.3. The molecule has 148 valence electrons. The first kappa shape index (κ1) is 20.5. The number of nitrogens with zero attached hydrogens (tertiary/aromatic N) is 3. The summed E-state index contributed by atoms with van der Waals surface area (Å²) in [6, 6.07) is 16.2. The molecular weight excluding hydrogens is 374 g/mol. The molecule has 2 atom stereocenters. The van der Waals surface area contributed by atoms with Gasteiger partial charge < -0.3 is 5.11 Å². The second-order valence-electron chi connectivity index (χ2n) is 7.31. The first-order valence-corrected chi connectivity index (χ1v) is 10.7. The standard InChI is InChI=1S/C21H25N3O3S/c1-16(25)14-23(2)20-11-12-24(15-20)28(26,27)21-9-7-19(8-10-21)18-5-3-17(13-22)4-6-18/h3-10,16,20,25H,11-12,14-15H2,1-2H3/t16-,20-/m1/s1. The van der Waals surface area contributed by atoms with Crippen molar-refractivity contribution in [1.29, 1.82) is 5.26 Å². The molecule has 0 amide bonds. The first-order valence-electron chi connectivity index (χ1n) is 9.30. The predicted molar refractivity (Wildman–Crippen MR) is 108 cm³/mol. The van der Waals surface area contributed by atoms with E-state index in [4.69, 9.17) is 5.26 Å². The Labute approximate surface area is 166 Å². The molecule has 0 spiro atoms. The zero-order valence-electron chi connectivity index (χ0n) is 16.1. The van der Waals surface area contributed by atoms with Crippen LogP contribution < -0.4 is 0 Å². The molecule has 0 saturated carbocycles. The van der Waals surface area contributed by atoms with Crippen LogP contribution in [0.2, 0.25) is 0 Å². The number of hydrogen-bond acceptors (Lipinski definition) is 5. The van der Waals surface area contributed by atoms with Gasteiger partial charge >= 0.3 is 0 Å². The van der Waals surface area contributed by atoms with Crippen LogP contribution in [0.4, 0.5) is 0 Å². The highest BCUT2D eigenvalue weighted by Gasteiger charge is 2.34. The van der Waals surface area contributed by atoms with Crippen molar-refractivity contribution in [2.45, 2.75) is 30.4 Å². The van der Waals surface area contributed by atoms with Crippen molar-refractivity contribution in [2.24, 2.45) is 0 Å². The Kier molecular flexibility index (Phi) is 6.16. The molecule has 0 aromatic heterocycles. The molecular formula is C21H25N3O3S. The molecule has 6 nitrogen and oxygen atoms in total. The third-order valence-electron chi connectivity index (χ3n) is 5.14. The molecule has 1 heterocycles. The van der Waals surface area contributed by atoms with E-state index in [9.17, 15) is 13.5 Å². The van der Waals surface area contributed by atoms with Gasteiger partial charge in [0.05, 0.1) is 22.6 Å². The Morgan fingerprint density at radius 3 is 2.29 bits per heavy atom. The maximum Gasteiger partial charge on any atom is 0.243 e. The number of sulfonamides is 1. The monoisotopic (exact) mass is 399 g/mol. The molecule has 1 saturated heterocycles. The van der Waals surface area contributed by atoms with E-state index in [0.29, 0.717) is 25.2 Å². The Bertz CT molecular complexity index is 948. The van der Waals surface area contributed by atoms with Crippen LogP contribution in [0.5, 0.6) is 0 Å². The summed E-state index contributed by atoms with van der Waals surface area (Å²) in [7, 11) is -1.63. The second-order valence-corrected chi connectivity index (χ2v) is 9.25. The van der Waals surface area contributed by atoms with Gasteiger partial charge in [-0.3, -0.25) is 4.90 Å². The highest BCUT2D eigenvalue weighted by molar-refractivity contribution is 7.89. The predicted octanol–water partition coefficient (Wildman–Crippen LogP) is 2.30. The molecule has 2 aromatic carbocycles. The third kappa shape index (κ3) is 4.42. The summed E-state index contributed by atoms with van der Waals surface area (Å²) in [5.41, 5.74) is 2.43. The largest absolute Gasteiger partial charge is 0.392 e. The van der Waals surface area contributed by atoms with Gasteiger partial charge in [0.2, 0.25) is 10.0 Å². The van der Waals surface area contributed by atoms with E-state index >= 15 is 0 Å². The summed E-state index contributed by atoms with van der Waals surface area (Å²) in [5.74, 6) is 0. The van der Waals surface area contributed by atoms with Gasteiger partial charge in [-0.15, -0.1) is 0 Å². The molecule has 1 fully saturated rings. The van der Waals surface area contributed by atoms with Crippen LogP contribution in [0.25, 0.3) is 11.1 Å². The minimum Gasteiger partial charge on any atom is -0.392 e. The van der Waals surface area contributed by atoms with E-state index in [2.05, 4.69) is 6.07 Å². The zero-order valence-corrected chi connectivity index (χ0v) is 16.9. The summed E-state index contributed by atoms with van der Waals surface area (Å²) in [5, 5.41) is 18.4. The summed E-state index contributed by atoms with van der Waals surface area (Å²) >= 11 is 0. The van der Waals surface area contributed by atoms with Crippen molar-refractivity contribution in [3.8, 4) is 17.2 Å². The fourth-order valence-corrected chi connectivity index (χ4v) is 5.05. The SMILES string of the molecule is C[C@@H](O)CN(C)[C@@H]1CCN(S(=O)(=O)c2ccc(-c3ccc(C#N)cc3)cc2)C1. The molecule has 3 rings (SSSR count). The second kappa shape index (κ2) is 8.41. The average Bonchev–Trinajstić information content (AvgIpc) is 3.19. The Hall–Kier alpha value is -2.24. The minimum absolute atomic E-state index is 0.113. The molecule has 0 aliphatic carbocycles. The van der Waals surface area contributed by atoms with Gasteiger partial charge in [0.1, 0.15) is 0 Å². The fourth-order valence-electron chi connectivity index (χ4n) is 3.56. The molecule has 2 aromatic rings. The number of hydrogen-bond donors (Lipinski definition) is 1. The molecule has 7 heteroatoms. The zero-order chi connectivity index (χ0) is 20.3. The number of rotatable bonds is 6. The van der Waals surface area contributed by atoms with Crippen LogP contribution in [-0.2, 0) is 10.0 Å². The van der Waals surface area contributed by atoms with E-state index < -0.39 is 16.1 Å². The highest BCUT2D eigenvalue weighted by Crippen LogP contribution is 2.26. The molecule has 1 aliphatic heterocycles. The van der Waals surface area contributed by atoms with Crippen molar-refractivity contribution in [2.75, 3.05) is 26.7 Å². The van der Waals surface area contributed by atoms with Gasteiger partial charge in [0.15, 0.2) is 0 Å². The van der Waals surface area contributed by atoms with E-state index in [-0.39, 0.29) is 10.9 Å². The maximum atomic E-state index is 13.0. The van der Waals surface area contributed by atoms with Crippen molar-refractivity contribution in [1.82, 2.24) is 9.21 Å². The lowest BCUT2D eigenvalue weighted by atomic mass is 10.0. The summed E-state index contributed by atoms with van der Waals surface area (Å²) < 4.78 is 27.5. The van der Waals surface area contributed by atoms with E-state index in [1.54, 1.807) is 43.3 Å². The summed E-state index contributed by atoms with van der Waals surface area (Å²) in [6.07, 6.45) is 0.316. The smallest absolute Gasteiger partial charge is 0.243 e. The molecule has 0 bridgehead atoms. The minimum atomic E-state index is -3.54. The molecule has 0 radical (unpaired) electrons. The van der Waals surface area contributed by atoms with Crippen molar-refractivity contribution >= 4 is 10.0 Å². The maximum absolute atomic E-state index is 13.0. The van der Waals surface area contributed by atoms with Crippen LogP contribution >= 0.6 is 0 Å². The lowest BCUT2D eigenvalue weighted by Gasteiger charge is -2.25. The average molecular weight is 400 g/mol. The van der Waals surface area contributed by atoms with E-state index in [1.807, 2.05) is 24.1 Å². The number of benzene rings is 2.